The third-order valence-electron chi connectivity index (χ3n) is 10.8. The lowest BCUT2D eigenvalue weighted by molar-refractivity contribution is 0.360. The fourth-order valence-corrected chi connectivity index (χ4v) is 7.87. The van der Waals surface area contributed by atoms with Crippen LogP contribution in [0, 0.1) is 0 Å². The molecule has 8 aromatic carbocycles. The van der Waals surface area contributed by atoms with Crippen molar-refractivity contribution < 1.29 is 23.4 Å². The normalized spacial score (nSPS) is 12.3. The largest absolute Gasteiger partial charge is 0.456 e. The Balaban J connectivity index is 1.03. The zero-order valence-corrected chi connectivity index (χ0v) is 31.3. The van der Waals surface area contributed by atoms with Gasteiger partial charge in [0, 0.05) is 27.5 Å². The average molecular weight is 763 g/mol. The molecule has 0 saturated heterocycles. The molecule has 2 aliphatic heterocycles. The highest BCUT2D eigenvalue weighted by atomic mass is 16.6. The first-order valence-electron chi connectivity index (χ1n) is 19.4. The molecule has 4 heterocycles. The van der Waals surface area contributed by atoms with E-state index in [1.54, 1.807) is 0 Å². The molecule has 7 nitrogen and oxygen atoms in total. The van der Waals surface area contributed by atoms with E-state index < -0.39 is 0 Å². The molecule has 0 saturated carbocycles. The Morgan fingerprint density at radius 1 is 0.271 bits per heavy atom. The molecule has 59 heavy (non-hydrogen) atoms. The van der Waals surface area contributed by atoms with Crippen LogP contribution in [0.4, 0.5) is 0 Å². The molecule has 12 rings (SSSR count). The summed E-state index contributed by atoms with van der Waals surface area (Å²) in [5.41, 5.74) is 9.88. The SMILES string of the molecule is c1ccc(-c2nc(-c3cc(-c4ccc5c(c4)Oc4ccccc4O5)cc(-c4ccc5c(c4)Oc4ccccc4O5)c3)cc(-c3ccc4oc5ccccc5c4c3)n2)cc1. The van der Waals surface area contributed by atoms with Gasteiger partial charge in [-0.05, 0) is 119 Å². The van der Waals surface area contributed by atoms with Crippen molar-refractivity contribution in [3.05, 3.63) is 182 Å². The smallest absolute Gasteiger partial charge is 0.170 e. The number of aromatic nitrogens is 2. The van der Waals surface area contributed by atoms with E-state index in [1.807, 2.05) is 127 Å². The van der Waals surface area contributed by atoms with Crippen LogP contribution in [0.1, 0.15) is 0 Å². The molecule has 0 aliphatic carbocycles. The van der Waals surface area contributed by atoms with Crippen LogP contribution in [-0.2, 0) is 0 Å². The number of furan rings is 1. The summed E-state index contributed by atoms with van der Waals surface area (Å²) in [7, 11) is 0. The maximum atomic E-state index is 6.36. The molecule has 0 bridgehead atoms. The minimum absolute atomic E-state index is 0.623. The van der Waals surface area contributed by atoms with Gasteiger partial charge in [0.2, 0.25) is 0 Å². The number of ether oxygens (including phenoxy) is 4. The molecule has 0 N–H and O–H groups in total. The molecular weight excluding hydrogens is 733 g/mol. The summed E-state index contributed by atoms with van der Waals surface area (Å²) < 4.78 is 31.3. The number of benzene rings is 8. The van der Waals surface area contributed by atoms with Crippen LogP contribution in [0.25, 0.3) is 78.1 Å². The Kier molecular flexibility index (Phi) is 7.40. The fourth-order valence-electron chi connectivity index (χ4n) is 7.87. The Morgan fingerprint density at radius 2 is 0.746 bits per heavy atom. The van der Waals surface area contributed by atoms with Gasteiger partial charge >= 0.3 is 0 Å². The molecule has 0 radical (unpaired) electrons. The Bertz CT molecular complexity index is 3180. The van der Waals surface area contributed by atoms with E-state index in [2.05, 4.69) is 54.6 Å². The van der Waals surface area contributed by atoms with Crippen LogP contribution in [0.5, 0.6) is 46.0 Å². The van der Waals surface area contributed by atoms with E-state index in [4.69, 9.17) is 33.3 Å². The maximum Gasteiger partial charge on any atom is 0.170 e. The highest BCUT2D eigenvalue weighted by Gasteiger charge is 2.22. The molecule has 0 unspecified atom stereocenters. The molecule has 10 aromatic rings. The number of hydrogen-bond donors (Lipinski definition) is 0. The van der Waals surface area contributed by atoms with Gasteiger partial charge in [-0.2, -0.15) is 0 Å². The molecule has 0 spiro atoms. The van der Waals surface area contributed by atoms with Gasteiger partial charge in [-0.1, -0.05) is 84.9 Å². The van der Waals surface area contributed by atoms with Gasteiger partial charge in [0.15, 0.2) is 51.8 Å². The predicted molar refractivity (Wildman–Crippen MR) is 230 cm³/mol. The van der Waals surface area contributed by atoms with Gasteiger partial charge in [0.05, 0.1) is 11.4 Å². The summed E-state index contributed by atoms with van der Waals surface area (Å²) in [5.74, 6) is 5.95. The number of nitrogens with zero attached hydrogens (tertiary/aromatic N) is 2. The molecule has 2 aromatic heterocycles. The first kappa shape index (κ1) is 33.0. The highest BCUT2D eigenvalue weighted by molar-refractivity contribution is 6.06. The Morgan fingerprint density at radius 3 is 1.37 bits per heavy atom. The fraction of sp³-hybridized carbons (Fsp3) is 0. The van der Waals surface area contributed by atoms with Crippen LogP contribution < -0.4 is 18.9 Å². The standard InChI is InChI=1S/C52H30N2O5/c1-2-10-31(11-3-1)52-53-40(34-20-21-43-39(27-34)38-12-4-5-13-42(38)55-43)30-41(54-52)37-25-35(32-18-22-48-50(28-32)58-46-16-8-6-14-44(46)56-48)24-36(26-37)33-19-23-49-51(29-33)59-47-17-9-7-15-45(47)57-49/h1-30H. The molecule has 0 atom stereocenters. The van der Waals surface area contributed by atoms with E-state index >= 15 is 0 Å². The van der Waals surface area contributed by atoms with E-state index in [1.165, 1.54) is 0 Å². The second kappa shape index (κ2) is 13.2. The number of fused-ring (bicyclic) bond motifs is 7. The van der Waals surface area contributed by atoms with Crippen LogP contribution >= 0.6 is 0 Å². The lowest BCUT2D eigenvalue weighted by Crippen LogP contribution is -1.99. The minimum Gasteiger partial charge on any atom is -0.456 e. The van der Waals surface area contributed by atoms with Crippen LogP contribution in [0.15, 0.2) is 186 Å². The van der Waals surface area contributed by atoms with Gasteiger partial charge in [-0.15, -0.1) is 0 Å². The second-order valence-electron chi connectivity index (χ2n) is 14.6. The van der Waals surface area contributed by atoms with Crippen molar-refractivity contribution in [2.45, 2.75) is 0 Å². The molecule has 2 aliphatic rings. The van der Waals surface area contributed by atoms with Gasteiger partial charge in [0.1, 0.15) is 11.2 Å². The van der Waals surface area contributed by atoms with Crippen molar-refractivity contribution in [1.29, 1.82) is 0 Å². The molecule has 0 fully saturated rings. The van der Waals surface area contributed by atoms with Crippen molar-refractivity contribution in [2.24, 2.45) is 0 Å². The van der Waals surface area contributed by atoms with E-state index in [0.717, 1.165) is 72.3 Å². The zero-order chi connectivity index (χ0) is 38.9. The molecule has 278 valence electrons. The summed E-state index contributed by atoms with van der Waals surface area (Å²) in [6, 6.07) is 60.5. The molecule has 0 amide bonds. The number of para-hydroxylation sites is 5. The lowest BCUT2D eigenvalue weighted by Gasteiger charge is -2.22. The van der Waals surface area contributed by atoms with Crippen molar-refractivity contribution in [2.75, 3.05) is 0 Å². The van der Waals surface area contributed by atoms with Gasteiger partial charge in [-0.25, -0.2) is 9.97 Å². The first-order chi connectivity index (χ1) is 29.1. The van der Waals surface area contributed by atoms with Crippen molar-refractivity contribution in [1.82, 2.24) is 9.97 Å². The summed E-state index contributed by atoms with van der Waals surface area (Å²) in [5, 5.41) is 2.09. The maximum absolute atomic E-state index is 6.36. The van der Waals surface area contributed by atoms with Crippen LogP contribution in [-0.4, -0.2) is 9.97 Å². The van der Waals surface area contributed by atoms with E-state index in [9.17, 15) is 0 Å². The second-order valence-corrected chi connectivity index (χ2v) is 14.6. The molecule has 7 heteroatoms. The topological polar surface area (TPSA) is 75.8 Å². The third kappa shape index (κ3) is 5.83. The Hall–Kier alpha value is -8.16. The Labute approximate surface area is 338 Å². The van der Waals surface area contributed by atoms with Crippen LogP contribution in [0.3, 0.4) is 0 Å². The summed E-state index contributed by atoms with van der Waals surface area (Å²) in [4.78, 5) is 10.4. The van der Waals surface area contributed by atoms with Gasteiger partial charge in [-0.3, -0.25) is 0 Å². The quantitative estimate of drug-likeness (QED) is 0.173. The van der Waals surface area contributed by atoms with Crippen molar-refractivity contribution >= 4 is 21.9 Å². The van der Waals surface area contributed by atoms with Crippen molar-refractivity contribution in [3.8, 4) is 102 Å². The third-order valence-corrected chi connectivity index (χ3v) is 10.8. The summed E-state index contributed by atoms with van der Waals surface area (Å²) in [6.45, 7) is 0. The minimum atomic E-state index is 0.623. The predicted octanol–water partition coefficient (Wildman–Crippen LogP) is 14.5. The average Bonchev–Trinajstić information content (AvgIpc) is 3.68. The molecular formula is C52H30N2O5. The van der Waals surface area contributed by atoms with E-state index in [0.29, 0.717) is 51.8 Å². The van der Waals surface area contributed by atoms with Gasteiger partial charge < -0.3 is 23.4 Å². The van der Waals surface area contributed by atoms with Gasteiger partial charge in [0.25, 0.3) is 0 Å². The zero-order valence-electron chi connectivity index (χ0n) is 31.3. The monoisotopic (exact) mass is 762 g/mol. The number of hydrogen-bond acceptors (Lipinski definition) is 7. The number of rotatable bonds is 5. The van der Waals surface area contributed by atoms with E-state index in [-0.39, 0.29) is 0 Å². The summed E-state index contributed by atoms with van der Waals surface area (Å²) >= 11 is 0. The summed E-state index contributed by atoms with van der Waals surface area (Å²) in [6.07, 6.45) is 0. The van der Waals surface area contributed by atoms with Crippen molar-refractivity contribution in [3.63, 3.8) is 0 Å². The lowest BCUT2D eigenvalue weighted by atomic mass is 9.94. The first-order valence-corrected chi connectivity index (χ1v) is 19.4. The van der Waals surface area contributed by atoms with Crippen LogP contribution in [0.2, 0.25) is 0 Å². The highest BCUT2D eigenvalue weighted by Crippen LogP contribution is 2.49.